The maximum Gasteiger partial charge on any atom is 0.0522 e. The van der Waals surface area contributed by atoms with Gasteiger partial charge < -0.3 is 5.32 Å². The molecule has 0 aliphatic heterocycles. The highest BCUT2D eigenvalue weighted by atomic mass is 15.3. The molecular formula is C10H17N3. The number of aryl methyl sites for hydroxylation is 1. The van der Waals surface area contributed by atoms with Crippen LogP contribution in [0.3, 0.4) is 0 Å². The van der Waals surface area contributed by atoms with Crippen LogP contribution in [-0.2, 0) is 13.1 Å². The van der Waals surface area contributed by atoms with E-state index in [9.17, 15) is 0 Å². The summed E-state index contributed by atoms with van der Waals surface area (Å²) in [6.45, 7) is 8.61. The van der Waals surface area contributed by atoms with E-state index in [1.807, 2.05) is 23.0 Å². The summed E-state index contributed by atoms with van der Waals surface area (Å²) in [5.41, 5.74) is 1.24. The molecule has 1 rings (SSSR count). The molecule has 0 fully saturated rings. The Balaban J connectivity index is 2.49. The zero-order valence-corrected chi connectivity index (χ0v) is 8.16. The van der Waals surface area contributed by atoms with Crippen LogP contribution in [0.15, 0.2) is 24.9 Å². The molecule has 13 heavy (non-hydrogen) atoms. The van der Waals surface area contributed by atoms with Crippen molar-refractivity contribution in [2.24, 2.45) is 0 Å². The first-order valence-corrected chi connectivity index (χ1v) is 4.70. The van der Waals surface area contributed by atoms with Crippen molar-refractivity contribution in [2.45, 2.75) is 26.4 Å². The van der Waals surface area contributed by atoms with Gasteiger partial charge in [-0.1, -0.05) is 13.0 Å². The van der Waals surface area contributed by atoms with Gasteiger partial charge in [0.05, 0.1) is 5.69 Å². The fourth-order valence-corrected chi connectivity index (χ4v) is 1.18. The van der Waals surface area contributed by atoms with Crippen molar-refractivity contribution in [3.8, 4) is 0 Å². The summed E-state index contributed by atoms with van der Waals surface area (Å²) >= 11 is 0. The first kappa shape index (κ1) is 9.99. The number of hydrogen-bond donors (Lipinski definition) is 1. The predicted octanol–water partition coefficient (Wildman–Crippen LogP) is 1.57. The van der Waals surface area contributed by atoms with Crippen LogP contribution in [-0.4, -0.2) is 16.3 Å². The Kier molecular flexibility index (Phi) is 4.26. The molecule has 0 aliphatic carbocycles. The molecule has 0 amide bonds. The van der Waals surface area contributed by atoms with E-state index < -0.39 is 0 Å². The van der Waals surface area contributed by atoms with Crippen molar-refractivity contribution >= 4 is 0 Å². The molecule has 3 heteroatoms. The van der Waals surface area contributed by atoms with Crippen LogP contribution in [0.5, 0.6) is 0 Å². The second-order valence-electron chi connectivity index (χ2n) is 2.90. The van der Waals surface area contributed by atoms with Crippen molar-refractivity contribution in [1.29, 1.82) is 0 Å². The Bertz CT molecular complexity index is 252. The molecular weight excluding hydrogens is 162 g/mol. The summed E-state index contributed by atoms with van der Waals surface area (Å²) < 4.78 is 2.02. The van der Waals surface area contributed by atoms with Gasteiger partial charge in [0.15, 0.2) is 0 Å². The lowest BCUT2D eigenvalue weighted by Gasteiger charge is -2.05. The van der Waals surface area contributed by atoms with Crippen LogP contribution >= 0.6 is 0 Å². The van der Waals surface area contributed by atoms with Gasteiger partial charge in [-0.15, -0.1) is 6.58 Å². The molecule has 1 aromatic rings. The first-order chi connectivity index (χ1) is 6.38. The predicted molar refractivity (Wildman–Crippen MR) is 54.4 cm³/mol. The highest BCUT2D eigenvalue weighted by Crippen LogP contribution is 1.99. The van der Waals surface area contributed by atoms with Gasteiger partial charge in [-0.3, -0.25) is 4.68 Å². The first-order valence-electron chi connectivity index (χ1n) is 4.70. The molecule has 3 nitrogen and oxygen atoms in total. The molecule has 0 aliphatic rings. The largest absolute Gasteiger partial charge is 0.311 e. The number of allylic oxidation sites excluding steroid dienone is 1. The van der Waals surface area contributed by atoms with Crippen LogP contribution in [0.25, 0.3) is 0 Å². The SMILES string of the molecule is C=CCCn1nccc1CNCC. The molecule has 1 heterocycles. The van der Waals surface area contributed by atoms with Crippen LogP contribution in [0.4, 0.5) is 0 Å². The van der Waals surface area contributed by atoms with E-state index in [1.54, 1.807) is 0 Å². The van der Waals surface area contributed by atoms with Gasteiger partial charge in [0.2, 0.25) is 0 Å². The van der Waals surface area contributed by atoms with Crippen molar-refractivity contribution in [1.82, 2.24) is 15.1 Å². The van der Waals surface area contributed by atoms with E-state index in [1.165, 1.54) is 5.69 Å². The zero-order chi connectivity index (χ0) is 9.52. The summed E-state index contributed by atoms with van der Waals surface area (Å²) in [5.74, 6) is 0. The van der Waals surface area contributed by atoms with Crippen LogP contribution in [0.2, 0.25) is 0 Å². The summed E-state index contributed by atoms with van der Waals surface area (Å²) in [7, 11) is 0. The van der Waals surface area contributed by atoms with Crippen LogP contribution in [0, 0.1) is 0 Å². The third-order valence-corrected chi connectivity index (χ3v) is 1.91. The number of nitrogens with one attached hydrogen (secondary N) is 1. The van der Waals surface area contributed by atoms with Gasteiger partial charge in [0.1, 0.15) is 0 Å². The molecule has 0 unspecified atom stereocenters. The Hall–Kier alpha value is -1.09. The van der Waals surface area contributed by atoms with Gasteiger partial charge >= 0.3 is 0 Å². The highest BCUT2D eigenvalue weighted by Gasteiger charge is 1.99. The highest BCUT2D eigenvalue weighted by molar-refractivity contribution is 5.00. The van der Waals surface area contributed by atoms with Crippen molar-refractivity contribution < 1.29 is 0 Å². The topological polar surface area (TPSA) is 29.9 Å². The standard InChI is InChI=1S/C10H17N3/c1-3-5-8-13-10(6-7-12-13)9-11-4-2/h3,6-7,11H,1,4-5,8-9H2,2H3. The average Bonchev–Trinajstić information content (AvgIpc) is 2.59. The van der Waals surface area contributed by atoms with Gasteiger partial charge in [-0.05, 0) is 19.0 Å². The lowest BCUT2D eigenvalue weighted by molar-refractivity contribution is 0.568. The maximum absolute atomic E-state index is 4.24. The molecule has 72 valence electrons. The van der Waals surface area contributed by atoms with E-state index >= 15 is 0 Å². The van der Waals surface area contributed by atoms with Crippen molar-refractivity contribution in [3.05, 3.63) is 30.6 Å². The minimum atomic E-state index is 0.896. The van der Waals surface area contributed by atoms with Crippen LogP contribution < -0.4 is 5.32 Å². The molecule has 0 spiro atoms. The minimum absolute atomic E-state index is 0.896. The summed E-state index contributed by atoms with van der Waals surface area (Å²) in [6.07, 6.45) is 4.73. The summed E-state index contributed by atoms with van der Waals surface area (Å²) in [4.78, 5) is 0. The second-order valence-corrected chi connectivity index (χ2v) is 2.90. The summed E-state index contributed by atoms with van der Waals surface area (Å²) in [6, 6.07) is 2.05. The van der Waals surface area contributed by atoms with Crippen LogP contribution in [0.1, 0.15) is 19.0 Å². The Morgan fingerprint density at radius 3 is 3.23 bits per heavy atom. The second kappa shape index (κ2) is 5.54. The van der Waals surface area contributed by atoms with E-state index in [0.717, 1.165) is 26.1 Å². The Morgan fingerprint density at radius 2 is 2.54 bits per heavy atom. The van der Waals surface area contributed by atoms with E-state index in [4.69, 9.17) is 0 Å². The smallest absolute Gasteiger partial charge is 0.0522 e. The Morgan fingerprint density at radius 1 is 1.69 bits per heavy atom. The maximum atomic E-state index is 4.24. The molecule has 0 radical (unpaired) electrons. The van der Waals surface area contributed by atoms with Gasteiger partial charge in [0, 0.05) is 19.3 Å². The number of hydrogen-bond acceptors (Lipinski definition) is 2. The van der Waals surface area contributed by atoms with E-state index in [0.29, 0.717) is 0 Å². The van der Waals surface area contributed by atoms with Crippen molar-refractivity contribution in [3.63, 3.8) is 0 Å². The molecule has 1 aromatic heterocycles. The van der Waals surface area contributed by atoms with Crippen molar-refractivity contribution in [2.75, 3.05) is 6.54 Å². The average molecular weight is 179 g/mol. The normalized spacial score (nSPS) is 10.2. The molecule has 0 aromatic carbocycles. The van der Waals surface area contributed by atoms with Gasteiger partial charge in [-0.25, -0.2) is 0 Å². The fraction of sp³-hybridized carbons (Fsp3) is 0.500. The minimum Gasteiger partial charge on any atom is -0.311 e. The molecule has 1 N–H and O–H groups in total. The number of aromatic nitrogens is 2. The molecule has 0 saturated carbocycles. The Labute approximate surface area is 79.5 Å². The number of rotatable bonds is 6. The number of nitrogens with zero attached hydrogens (tertiary/aromatic N) is 2. The van der Waals surface area contributed by atoms with Gasteiger partial charge in [0.25, 0.3) is 0 Å². The third kappa shape index (κ3) is 3.03. The zero-order valence-electron chi connectivity index (χ0n) is 8.16. The molecule has 0 saturated heterocycles. The lowest BCUT2D eigenvalue weighted by Crippen LogP contribution is -2.16. The fourth-order valence-electron chi connectivity index (χ4n) is 1.18. The third-order valence-electron chi connectivity index (χ3n) is 1.91. The van der Waals surface area contributed by atoms with E-state index in [-0.39, 0.29) is 0 Å². The molecule has 0 atom stereocenters. The monoisotopic (exact) mass is 179 g/mol. The lowest BCUT2D eigenvalue weighted by atomic mass is 10.4. The molecule has 0 bridgehead atoms. The van der Waals surface area contributed by atoms with Gasteiger partial charge in [-0.2, -0.15) is 5.10 Å². The summed E-state index contributed by atoms with van der Waals surface area (Å²) in [5, 5.41) is 7.52. The quantitative estimate of drug-likeness (QED) is 0.672. The van der Waals surface area contributed by atoms with E-state index in [2.05, 4.69) is 23.9 Å².